The van der Waals surface area contributed by atoms with E-state index in [4.69, 9.17) is 4.74 Å². The summed E-state index contributed by atoms with van der Waals surface area (Å²) in [5, 5.41) is 0. The van der Waals surface area contributed by atoms with Crippen LogP contribution in [0.4, 0.5) is 0 Å². The Bertz CT molecular complexity index is 186. The molecule has 2 nitrogen and oxygen atoms in total. The summed E-state index contributed by atoms with van der Waals surface area (Å²) in [4.78, 5) is 11.1. The van der Waals surface area contributed by atoms with Crippen molar-refractivity contribution < 1.29 is 9.53 Å². The Hall–Kier alpha value is -0.790. The van der Waals surface area contributed by atoms with Crippen molar-refractivity contribution in [2.45, 2.75) is 44.6 Å². The van der Waals surface area contributed by atoms with Crippen molar-refractivity contribution in [3.63, 3.8) is 0 Å². The van der Waals surface area contributed by atoms with Gasteiger partial charge in [0, 0.05) is 12.8 Å². The van der Waals surface area contributed by atoms with Gasteiger partial charge in [0.1, 0.15) is 5.60 Å². The number of hydrogen-bond acceptors (Lipinski definition) is 2. The largest absolute Gasteiger partial charge is 0.459 e. The Morgan fingerprint density at radius 2 is 2.42 bits per heavy atom. The highest BCUT2D eigenvalue weighted by molar-refractivity contribution is 5.70. The third kappa shape index (κ3) is 2.36. The van der Waals surface area contributed by atoms with E-state index in [0.717, 1.165) is 25.7 Å². The zero-order valence-electron chi connectivity index (χ0n) is 7.64. The molecule has 0 N–H and O–H groups in total. The lowest BCUT2D eigenvalue weighted by atomic mass is 9.96. The maximum Gasteiger partial charge on any atom is 0.306 e. The topological polar surface area (TPSA) is 26.3 Å². The molecule has 2 heteroatoms. The fourth-order valence-corrected chi connectivity index (χ4v) is 1.59. The summed E-state index contributed by atoms with van der Waals surface area (Å²) >= 11 is 0. The van der Waals surface area contributed by atoms with E-state index in [2.05, 4.69) is 6.58 Å². The molecule has 0 bridgehead atoms. The highest BCUT2D eigenvalue weighted by Gasteiger charge is 2.29. The van der Waals surface area contributed by atoms with Crippen molar-refractivity contribution in [3.05, 3.63) is 12.7 Å². The van der Waals surface area contributed by atoms with E-state index in [9.17, 15) is 4.79 Å². The SMILES string of the molecule is C=CCC1(C)CCCCC(=O)O1. The van der Waals surface area contributed by atoms with Crippen LogP contribution in [0.3, 0.4) is 0 Å². The lowest BCUT2D eigenvalue weighted by molar-refractivity contribution is -0.156. The molecule has 68 valence electrons. The van der Waals surface area contributed by atoms with Crippen molar-refractivity contribution in [1.82, 2.24) is 0 Å². The predicted molar refractivity (Wildman–Crippen MR) is 47.8 cm³/mol. The Labute approximate surface area is 73.6 Å². The molecule has 0 amide bonds. The van der Waals surface area contributed by atoms with E-state index in [1.807, 2.05) is 13.0 Å². The summed E-state index contributed by atoms with van der Waals surface area (Å²) in [6.07, 6.45) is 6.16. The summed E-state index contributed by atoms with van der Waals surface area (Å²) in [6.45, 7) is 5.65. The highest BCUT2D eigenvalue weighted by atomic mass is 16.6. The maximum atomic E-state index is 11.1. The molecule has 1 unspecified atom stereocenters. The summed E-state index contributed by atoms with van der Waals surface area (Å²) in [5.74, 6) is -0.0585. The van der Waals surface area contributed by atoms with Crippen LogP contribution in [0.15, 0.2) is 12.7 Å². The van der Waals surface area contributed by atoms with E-state index >= 15 is 0 Å². The van der Waals surface area contributed by atoms with Gasteiger partial charge in [-0.2, -0.15) is 0 Å². The van der Waals surface area contributed by atoms with Crippen LogP contribution in [-0.4, -0.2) is 11.6 Å². The number of esters is 1. The Kier molecular flexibility index (Phi) is 2.90. The summed E-state index contributed by atoms with van der Waals surface area (Å²) in [5.41, 5.74) is -0.282. The van der Waals surface area contributed by atoms with Gasteiger partial charge in [-0.1, -0.05) is 6.08 Å². The van der Waals surface area contributed by atoms with Gasteiger partial charge in [-0.15, -0.1) is 6.58 Å². The van der Waals surface area contributed by atoms with E-state index < -0.39 is 0 Å². The van der Waals surface area contributed by atoms with Gasteiger partial charge in [0.25, 0.3) is 0 Å². The zero-order valence-corrected chi connectivity index (χ0v) is 7.64. The highest BCUT2D eigenvalue weighted by Crippen LogP contribution is 2.27. The molecule has 0 radical (unpaired) electrons. The minimum Gasteiger partial charge on any atom is -0.459 e. The normalized spacial score (nSPS) is 30.6. The van der Waals surface area contributed by atoms with Gasteiger partial charge in [-0.25, -0.2) is 0 Å². The molecule has 0 spiro atoms. The second-order valence-electron chi connectivity index (χ2n) is 3.62. The molecule has 1 saturated heterocycles. The quantitative estimate of drug-likeness (QED) is 0.467. The maximum absolute atomic E-state index is 11.1. The first-order chi connectivity index (χ1) is 5.66. The average molecular weight is 168 g/mol. The van der Waals surface area contributed by atoms with Crippen molar-refractivity contribution >= 4 is 5.97 Å². The fraction of sp³-hybridized carbons (Fsp3) is 0.700. The molecular formula is C10H16O2. The van der Waals surface area contributed by atoms with Gasteiger partial charge in [-0.3, -0.25) is 4.79 Å². The van der Waals surface area contributed by atoms with Gasteiger partial charge in [0.05, 0.1) is 0 Å². The number of ether oxygens (including phenoxy) is 1. The number of carbonyl (C=O) groups excluding carboxylic acids is 1. The van der Waals surface area contributed by atoms with Crippen LogP contribution in [-0.2, 0) is 9.53 Å². The second-order valence-corrected chi connectivity index (χ2v) is 3.62. The molecule has 0 aromatic heterocycles. The average Bonchev–Trinajstić information content (AvgIpc) is 2.12. The van der Waals surface area contributed by atoms with Crippen LogP contribution in [0.25, 0.3) is 0 Å². The van der Waals surface area contributed by atoms with Crippen LogP contribution in [0.1, 0.15) is 39.0 Å². The molecule has 0 aliphatic carbocycles. The first kappa shape index (κ1) is 9.30. The monoisotopic (exact) mass is 168 g/mol. The Morgan fingerprint density at radius 3 is 3.08 bits per heavy atom. The molecule has 0 aromatic carbocycles. The molecule has 0 aromatic rings. The van der Waals surface area contributed by atoms with Crippen LogP contribution in [0, 0.1) is 0 Å². The van der Waals surface area contributed by atoms with Gasteiger partial charge < -0.3 is 4.74 Å². The van der Waals surface area contributed by atoms with Crippen molar-refractivity contribution in [3.8, 4) is 0 Å². The number of hydrogen-bond donors (Lipinski definition) is 0. The number of cyclic esters (lactones) is 1. The standard InChI is InChI=1S/C10H16O2/c1-3-7-10(2)8-5-4-6-9(11)12-10/h3H,1,4-8H2,2H3. The minimum atomic E-state index is -0.282. The van der Waals surface area contributed by atoms with Crippen LogP contribution in [0.2, 0.25) is 0 Å². The molecular weight excluding hydrogens is 152 g/mol. The van der Waals surface area contributed by atoms with E-state index in [1.54, 1.807) is 0 Å². The molecule has 1 aliphatic rings. The van der Waals surface area contributed by atoms with Crippen molar-refractivity contribution in [2.24, 2.45) is 0 Å². The van der Waals surface area contributed by atoms with Gasteiger partial charge >= 0.3 is 5.97 Å². The molecule has 1 rings (SSSR count). The molecule has 1 heterocycles. The van der Waals surface area contributed by atoms with Gasteiger partial charge in [0.15, 0.2) is 0 Å². The zero-order chi connectivity index (χ0) is 9.03. The third-order valence-electron chi connectivity index (χ3n) is 2.27. The van der Waals surface area contributed by atoms with E-state index in [-0.39, 0.29) is 11.6 Å². The molecule has 1 aliphatic heterocycles. The Morgan fingerprint density at radius 1 is 1.67 bits per heavy atom. The molecule has 1 fully saturated rings. The first-order valence-corrected chi connectivity index (χ1v) is 4.49. The van der Waals surface area contributed by atoms with Gasteiger partial charge in [-0.05, 0) is 26.2 Å². The minimum absolute atomic E-state index is 0.0585. The summed E-state index contributed by atoms with van der Waals surface area (Å²) in [6, 6.07) is 0. The molecule has 1 atom stereocenters. The molecule has 0 saturated carbocycles. The lowest BCUT2D eigenvalue weighted by Gasteiger charge is -2.26. The predicted octanol–water partition coefficient (Wildman–Crippen LogP) is 2.44. The Balaban J connectivity index is 2.60. The number of carbonyl (C=O) groups is 1. The van der Waals surface area contributed by atoms with E-state index in [1.165, 1.54) is 0 Å². The van der Waals surface area contributed by atoms with Crippen LogP contribution < -0.4 is 0 Å². The van der Waals surface area contributed by atoms with Gasteiger partial charge in [0.2, 0.25) is 0 Å². The van der Waals surface area contributed by atoms with Crippen molar-refractivity contribution in [1.29, 1.82) is 0 Å². The lowest BCUT2D eigenvalue weighted by Crippen LogP contribution is -2.29. The van der Waals surface area contributed by atoms with Crippen LogP contribution >= 0.6 is 0 Å². The first-order valence-electron chi connectivity index (χ1n) is 4.49. The fourth-order valence-electron chi connectivity index (χ4n) is 1.59. The summed E-state index contributed by atoms with van der Waals surface area (Å²) < 4.78 is 5.33. The smallest absolute Gasteiger partial charge is 0.306 e. The summed E-state index contributed by atoms with van der Waals surface area (Å²) in [7, 11) is 0. The second kappa shape index (κ2) is 3.74. The molecule has 12 heavy (non-hydrogen) atoms. The third-order valence-corrected chi connectivity index (χ3v) is 2.27. The van der Waals surface area contributed by atoms with Crippen molar-refractivity contribution in [2.75, 3.05) is 0 Å². The van der Waals surface area contributed by atoms with Crippen LogP contribution in [0.5, 0.6) is 0 Å². The number of rotatable bonds is 2. The van der Waals surface area contributed by atoms with E-state index in [0.29, 0.717) is 6.42 Å².